The third kappa shape index (κ3) is 3.51. The Balaban J connectivity index is 2.57. The Labute approximate surface area is 86.3 Å². The third-order valence-corrected chi connectivity index (χ3v) is 3.78. The summed E-state index contributed by atoms with van der Waals surface area (Å²) < 4.78 is 0. The predicted molar refractivity (Wildman–Crippen MR) is 60.1 cm³/mol. The van der Waals surface area contributed by atoms with Gasteiger partial charge in [0.25, 0.3) is 0 Å². The maximum Gasteiger partial charge on any atom is 0.0488 e. The molecule has 1 heterocycles. The first-order chi connectivity index (χ1) is 5.97. The van der Waals surface area contributed by atoms with Crippen LogP contribution in [0.3, 0.4) is 0 Å². The molecule has 1 rings (SSSR count). The molecule has 0 atom stereocenters. The fraction of sp³-hybridized carbons (Fsp3) is 1.00. The number of hydrogen-bond acceptors (Lipinski definition) is 2. The van der Waals surface area contributed by atoms with E-state index in [1.807, 2.05) is 11.8 Å². The predicted octanol–water partition coefficient (Wildman–Crippen LogP) is 2.93. The summed E-state index contributed by atoms with van der Waals surface area (Å²) in [4.78, 5) is 0. The lowest BCUT2D eigenvalue weighted by atomic mass is 9.71. The molecule has 0 aromatic heterocycles. The molecule has 1 aliphatic heterocycles. The van der Waals surface area contributed by atoms with Crippen LogP contribution in [0.15, 0.2) is 0 Å². The van der Waals surface area contributed by atoms with Crippen molar-refractivity contribution in [1.82, 2.24) is 0 Å². The van der Waals surface area contributed by atoms with Crippen LogP contribution >= 0.6 is 11.8 Å². The van der Waals surface area contributed by atoms with Gasteiger partial charge < -0.3 is 5.11 Å². The maximum absolute atomic E-state index is 9.50. The average molecular weight is 202 g/mol. The zero-order valence-corrected chi connectivity index (χ0v) is 9.91. The molecule has 1 fully saturated rings. The van der Waals surface area contributed by atoms with Crippen molar-refractivity contribution in [2.24, 2.45) is 10.8 Å². The van der Waals surface area contributed by atoms with Crippen molar-refractivity contribution < 1.29 is 5.11 Å². The molecule has 0 saturated carbocycles. The highest BCUT2D eigenvalue weighted by molar-refractivity contribution is 7.99. The number of aliphatic hydroxyl groups is 1. The van der Waals surface area contributed by atoms with E-state index in [0.29, 0.717) is 12.0 Å². The van der Waals surface area contributed by atoms with Gasteiger partial charge in [-0.25, -0.2) is 0 Å². The van der Waals surface area contributed by atoms with Crippen LogP contribution in [0.5, 0.6) is 0 Å². The Morgan fingerprint density at radius 1 is 1.23 bits per heavy atom. The molecular weight excluding hydrogens is 180 g/mol. The van der Waals surface area contributed by atoms with E-state index in [1.165, 1.54) is 24.3 Å². The minimum Gasteiger partial charge on any atom is -0.396 e. The highest BCUT2D eigenvalue weighted by Gasteiger charge is 2.35. The van der Waals surface area contributed by atoms with Gasteiger partial charge in [0.05, 0.1) is 0 Å². The van der Waals surface area contributed by atoms with E-state index in [0.717, 1.165) is 6.42 Å². The SMILES string of the molecule is CC(C)(C)CC1(CO)CCSCC1. The molecule has 0 radical (unpaired) electrons. The summed E-state index contributed by atoms with van der Waals surface area (Å²) in [7, 11) is 0. The van der Waals surface area contributed by atoms with Crippen LogP contribution in [-0.4, -0.2) is 23.2 Å². The van der Waals surface area contributed by atoms with Crippen LogP contribution in [0.2, 0.25) is 0 Å². The molecule has 13 heavy (non-hydrogen) atoms. The van der Waals surface area contributed by atoms with Crippen LogP contribution in [0.25, 0.3) is 0 Å². The standard InChI is InChI=1S/C11H22OS/c1-10(2,3)8-11(9-12)4-6-13-7-5-11/h12H,4-9H2,1-3H3. The lowest BCUT2D eigenvalue weighted by Gasteiger charge is -2.40. The van der Waals surface area contributed by atoms with Crippen molar-refractivity contribution in [1.29, 1.82) is 0 Å². The van der Waals surface area contributed by atoms with E-state index in [9.17, 15) is 5.11 Å². The molecule has 0 amide bonds. The van der Waals surface area contributed by atoms with E-state index < -0.39 is 0 Å². The van der Waals surface area contributed by atoms with Gasteiger partial charge in [-0.05, 0) is 41.6 Å². The molecule has 1 aliphatic rings. The zero-order chi connectivity index (χ0) is 9.95. The van der Waals surface area contributed by atoms with Crippen LogP contribution in [0, 0.1) is 10.8 Å². The van der Waals surface area contributed by atoms with Gasteiger partial charge >= 0.3 is 0 Å². The summed E-state index contributed by atoms with van der Waals surface area (Å²) >= 11 is 2.03. The summed E-state index contributed by atoms with van der Waals surface area (Å²) in [6.07, 6.45) is 3.56. The minimum absolute atomic E-state index is 0.240. The smallest absolute Gasteiger partial charge is 0.0488 e. The molecule has 0 unspecified atom stereocenters. The maximum atomic E-state index is 9.50. The van der Waals surface area contributed by atoms with Crippen molar-refractivity contribution in [3.05, 3.63) is 0 Å². The highest BCUT2D eigenvalue weighted by Crippen LogP contribution is 2.43. The van der Waals surface area contributed by atoms with E-state index >= 15 is 0 Å². The van der Waals surface area contributed by atoms with Crippen LogP contribution in [-0.2, 0) is 0 Å². The van der Waals surface area contributed by atoms with Gasteiger partial charge in [-0.3, -0.25) is 0 Å². The Morgan fingerprint density at radius 3 is 2.15 bits per heavy atom. The van der Waals surface area contributed by atoms with Crippen LogP contribution in [0.4, 0.5) is 0 Å². The molecule has 0 spiro atoms. The first-order valence-corrected chi connectivity index (χ1v) is 6.32. The second-order valence-corrected chi connectivity index (χ2v) is 6.73. The number of rotatable bonds is 2. The first-order valence-electron chi connectivity index (χ1n) is 5.16. The van der Waals surface area contributed by atoms with Crippen molar-refractivity contribution in [3.8, 4) is 0 Å². The molecule has 0 bridgehead atoms. The van der Waals surface area contributed by atoms with Crippen LogP contribution < -0.4 is 0 Å². The van der Waals surface area contributed by atoms with Crippen molar-refractivity contribution in [2.75, 3.05) is 18.1 Å². The number of thioether (sulfide) groups is 1. The summed E-state index contributed by atoms with van der Waals surface area (Å²) in [5, 5.41) is 9.50. The topological polar surface area (TPSA) is 20.2 Å². The fourth-order valence-electron chi connectivity index (χ4n) is 2.32. The summed E-state index contributed by atoms with van der Waals surface area (Å²) in [5.74, 6) is 2.47. The van der Waals surface area contributed by atoms with E-state index in [2.05, 4.69) is 20.8 Å². The summed E-state index contributed by atoms with van der Waals surface area (Å²) in [5.41, 5.74) is 0.592. The van der Waals surface area contributed by atoms with Gasteiger partial charge in [-0.15, -0.1) is 0 Å². The Kier molecular flexibility index (Phi) is 3.70. The molecule has 1 saturated heterocycles. The lowest BCUT2D eigenvalue weighted by Crippen LogP contribution is -2.34. The first kappa shape index (κ1) is 11.4. The highest BCUT2D eigenvalue weighted by atomic mass is 32.2. The monoisotopic (exact) mass is 202 g/mol. The molecular formula is C11H22OS. The second-order valence-electron chi connectivity index (χ2n) is 5.51. The average Bonchev–Trinajstić information content (AvgIpc) is 2.03. The zero-order valence-electron chi connectivity index (χ0n) is 9.10. The summed E-state index contributed by atoms with van der Waals surface area (Å²) in [6.45, 7) is 7.19. The van der Waals surface area contributed by atoms with Gasteiger partial charge in [-0.1, -0.05) is 20.8 Å². The van der Waals surface area contributed by atoms with E-state index in [1.54, 1.807) is 0 Å². The third-order valence-electron chi connectivity index (χ3n) is 2.79. The summed E-state index contributed by atoms with van der Waals surface area (Å²) in [6, 6.07) is 0. The number of aliphatic hydroxyl groups excluding tert-OH is 1. The molecule has 0 aromatic carbocycles. The van der Waals surface area contributed by atoms with Gasteiger partial charge in [0.15, 0.2) is 0 Å². The molecule has 78 valence electrons. The molecule has 1 nitrogen and oxygen atoms in total. The largest absolute Gasteiger partial charge is 0.396 e. The molecule has 0 aromatic rings. The lowest BCUT2D eigenvalue weighted by molar-refractivity contribution is 0.0684. The van der Waals surface area contributed by atoms with Crippen molar-refractivity contribution >= 4 is 11.8 Å². The van der Waals surface area contributed by atoms with Gasteiger partial charge in [0.2, 0.25) is 0 Å². The Hall–Kier alpha value is 0.310. The van der Waals surface area contributed by atoms with Gasteiger partial charge in [0, 0.05) is 6.61 Å². The van der Waals surface area contributed by atoms with Gasteiger partial charge in [-0.2, -0.15) is 11.8 Å². The molecule has 2 heteroatoms. The van der Waals surface area contributed by atoms with Crippen LogP contribution in [0.1, 0.15) is 40.0 Å². The normalized spacial score (nSPS) is 23.1. The molecule has 1 N–H and O–H groups in total. The second kappa shape index (κ2) is 4.22. The fourth-order valence-corrected chi connectivity index (χ4v) is 3.68. The Morgan fingerprint density at radius 2 is 1.77 bits per heavy atom. The van der Waals surface area contributed by atoms with Crippen molar-refractivity contribution in [3.63, 3.8) is 0 Å². The Bertz CT molecular complexity index is 154. The quantitative estimate of drug-likeness (QED) is 0.743. The van der Waals surface area contributed by atoms with Gasteiger partial charge in [0.1, 0.15) is 0 Å². The van der Waals surface area contributed by atoms with E-state index in [-0.39, 0.29) is 5.41 Å². The number of hydrogen-bond donors (Lipinski definition) is 1. The minimum atomic E-state index is 0.240. The van der Waals surface area contributed by atoms with E-state index in [4.69, 9.17) is 0 Å². The molecule has 0 aliphatic carbocycles. The van der Waals surface area contributed by atoms with Crippen molar-refractivity contribution in [2.45, 2.75) is 40.0 Å².